The molecule has 0 fully saturated rings. The third-order valence-electron chi connectivity index (χ3n) is 2.11. The van der Waals surface area contributed by atoms with E-state index >= 15 is 0 Å². The van der Waals surface area contributed by atoms with E-state index < -0.39 is 17.8 Å². The number of rotatable bonds is 5. The van der Waals surface area contributed by atoms with Gasteiger partial charge in [-0.05, 0) is 11.6 Å². The number of hydrogen-bond acceptors (Lipinski definition) is 3. The molecular formula is C11H12FNO3. The van der Waals surface area contributed by atoms with Gasteiger partial charge in [-0.15, -0.1) is 0 Å². The predicted octanol–water partition coefficient (Wildman–Crippen LogP) is 0.739. The van der Waals surface area contributed by atoms with Crippen molar-refractivity contribution >= 4 is 11.8 Å². The van der Waals surface area contributed by atoms with Crippen LogP contribution in [0.25, 0.3) is 0 Å². The standard InChI is InChI=1S/C11H12FNO3/c12-9-4-2-1-3-7(9)5-8(14)6-10(13)11(15)16/h1-4,10H,5-6,13H2,(H,15,16). The lowest BCUT2D eigenvalue weighted by atomic mass is 10.0. The normalized spacial score (nSPS) is 12.1. The van der Waals surface area contributed by atoms with E-state index in [1.165, 1.54) is 18.2 Å². The molecule has 0 aliphatic heterocycles. The zero-order valence-electron chi connectivity index (χ0n) is 8.52. The topological polar surface area (TPSA) is 80.4 Å². The average Bonchev–Trinajstić information content (AvgIpc) is 2.21. The molecule has 1 aromatic carbocycles. The molecule has 1 rings (SSSR count). The van der Waals surface area contributed by atoms with E-state index in [2.05, 4.69) is 0 Å². The quantitative estimate of drug-likeness (QED) is 0.774. The minimum absolute atomic E-state index is 0.131. The SMILES string of the molecule is NC(CC(=O)Cc1ccccc1F)C(=O)O. The van der Waals surface area contributed by atoms with Crippen molar-refractivity contribution in [3.8, 4) is 0 Å². The van der Waals surface area contributed by atoms with Crippen molar-refractivity contribution in [2.45, 2.75) is 18.9 Å². The number of ketones is 1. The zero-order valence-corrected chi connectivity index (χ0v) is 8.52. The van der Waals surface area contributed by atoms with E-state index in [0.717, 1.165) is 0 Å². The lowest BCUT2D eigenvalue weighted by Crippen LogP contribution is -2.33. The van der Waals surface area contributed by atoms with Crippen LogP contribution in [0, 0.1) is 5.82 Å². The third-order valence-corrected chi connectivity index (χ3v) is 2.11. The lowest BCUT2D eigenvalue weighted by Gasteiger charge is -2.05. The second-order valence-corrected chi connectivity index (χ2v) is 3.46. The Bertz CT molecular complexity index is 406. The van der Waals surface area contributed by atoms with Crippen LogP contribution in [0.4, 0.5) is 4.39 Å². The van der Waals surface area contributed by atoms with Gasteiger partial charge in [0.25, 0.3) is 0 Å². The average molecular weight is 225 g/mol. The van der Waals surface area contributed by atoms with E-state index in [0.29, 0.717) is 0 Å². The smallest absolute Gasteiger partial charge is 0.320 e. The largest absolute Gasteiger partial charge is 0.480 e. The van der Waals surface area contributed by atoms with Gasteiger partial charge in [-0.3, -0.25) is 9.59 Å². The van der Waals surface area contributed by atoms with E-state index in [1.54, 1.807) is 6.07 Å². The molecule has 0 radical (unpaired) electrons. The molecular weight excluding hydrogens is 213 g/mol. The Labute approximate surface area is 91.9 Å². The molecule has 0 amide bonds. The number of benzene rings is 1. The number of Topliss-reactive ketones (excluding diaryl/α,β-unsaturated/α-hetero) is 1. The van der Waals surface area contributed by atoms with Crippen LogP contribution in [0.15, 0.2) is 24.3 Å². The number of carboxylic acid groups (broad SMARTS) is 1. The van der Waals surface area contributed by atoms with Crippen molar-refractivity contribution in [1.82, 2.24) is 0 Å². The summed E-state index contributed by atoms with van der Waals surface area (Å²) in [5.74, 6) is -2.10. The fraction of sp³-hybridized carbons (Fsp3) is 0.273. The Morgan fingerprint density at radius 3 is 2.56 bits per heavy atom. The highest BCUT2D eigenvalue weighted by atomic mass is 19.1. The minimum atomic E-state index is -1.23. The molecule has 0 bridgehead atoms. The summed E-state index contributed by atoms with van der Waals surface area (Å²) in [5, 5.41) is 8.50. The van der Waals surface area contributed by atoms with Crippen molar-refractivity contribution in [3.05, 3.63) is 35.6 Å². The molecule has 4 nitrogen and oxygen atoms in total. The van der Waals surface area contributed by atoms with Crippen LogP contribution in [0.2, 0.25) is 0 Å². The van der Waals surface area contributed by atoms with Gasteiger partial charge < -0.3 is 10.8 Å². The molecule has 0 aliphatic rings. The Kier molecular flexibility index (Phi) is 4.13. The monoisotopic (exact) mass is 225 g/mol. The number of carbonyl (C=O) groups is 2. The van der Waals surface area contributed by atoms with Crippen molar-refractivity contribution in [3.63, 3.8) is 0 Å². The van der Waals surface area contributed by atoms with Crippen LogP contribution in [0.1, 0.15) is 12.0 Å². The highest BCUT2D eigenvalue weighted by molar-refractivity contribution is 5.86. The molecule has 1 atom stereocenters. The first-order valence-electron chi connectivity index (χ1n) is 4.74. The molecule has 16 heavy (non-hydrogen) atoms. The van der Waals surface area contributed by atoms with Gasteiger partial charge in [0, 0.05) is 12.8 Å². The first-order valence-corrected chi connectivity index (χ1v) is 4.74. The Hall–Kier alpha value is -1.75. The molecule has 0 spiro atoms. The molecule has 0 saturated carbocycles. The van der Waals surface area contributed by atoms with Gasteiger partial charge in [0.15, 0.2) is 0 Å². The molecule has 0 saturated heterocycles. The summed E-state index contributed by atoms with van der Waals surface area (Å²) in [4.78, 5) is 21.8. The van der Waals surface area contributed by atoms with E-state index in [-0.39, 0.29) is 24.2 Å². The summed E-state index contributed by atoms with van der Waals surface area (Å²) in [6, 6.07) is 4.65. The van der Waals surface area contributed by atoms with Crippen molar-refractivity contribution in [1.29, 1.82) is 0 Å². The fourth-order valence-electron chi connectivity index (χ4n) is 1.26. The van der Waals surface area contributed by atoms with Gasteiger partial charge in [-0.2, -0.15) is 0 Å². The van der Waals surface area contributed by atoms with E-state index in [4.69, 9.17) is 10.8 Å². The number of halogens is 1. The summed E-state index contributed by atoms with van der Waals surface area (Å²) >= 11 is 0. The molecule has 0 aromatic heterocycles. The van der Waals surface area contributed by atoms with Gasteiger partial charge >= 0.3 is 5.97 Å². The van der Waals surface area contributed by atoms with Crippen LogP contribution in [0.5, 0.6) is 0 Å². The molecule has 3 N–H and O–H groups in total. The molecule has 0 aliphatic carbocycles. The molecule has 0 heterocycles. The van der Waals surface area contributed by atoms with Gasteiger partial charge in [0.05, 0.1) is 0 Å². The fourth-order valence-corrected chi connectivity index (χ4v) is 1.26. The summed E-state index contributed by atoms with van der Waals surface area (Å²) in [6.45, 7) is 0. The first-order chi connectivity index (χ1) is 7.50. The molecule has 86 valence electrons. The minimum Gasteiger partial charge on any atom is -0.480 e. The predicted molar refractivity (Wildman–Crippen MR) is 55.3 cm³/mol. The number of carboxylic acids is 1. The Balaban J connectivity index is 2.59. The van der Waals surface area contributed by atoms with Crippen LogP contribution < -0.4 is 5.73 Å². The van der Waals surface area contributed by atoms with Crippen LogP contribution in [-0.4, -0.2) is 22.9 Å². The molecule has 1 unspecified atom stereocenters. The maximum atomic E-state index is 13.1. The second-order valence-electron chi connectivity index (χ2n) is 3.46. The summed E-state index contributed by atoms with van der Waals surface area (Å²) in [6.07, 6.45) is -0.419. The summed E-state index contributed by atoms with van der Waals surface area (Å²) < 4.78 is 13.1. The number of hydrogen-bond donors (Lipinski definition) is 2. The Morgan fingerprint density at radius 1 is 1.38 bits per heavy atom. The van der Waals surface area contributed by atoms with Gasteiger partial charge in [0.2, 0.25) is 0 Å². The second kappa shape index (κ2) is 5.37. The highest BCUT2D eigenvalue weighted by Gasteiger charge is 2.17. The molecule has 1 aromatic rings. The lowest BCUT2D eigenvalue weighted by molar-refractivity contribution is -0.140. The van der Waals surface area contributed by atoms with Crippen LogP contribution >= 0.6 is 0 Å². The summed E-state index contributed by atoms with van der Waals surface area (Å²) in [7, 11) is 0. The number of carbonyl (C=O) groups excluding carboxylic acids is 1. The van der Waals surface area contributed by atoms with Crippen molar-refractivity contribution in [2.75, 3.05) is 0 Å². The maximum absolute atomic E-state index is 13.1. The van der Waals surface area contributed by atoms with Crippen LogP contribution in [-0.2, 0) is 16.0 Å². The number of aliphatic carboxylic acids is 1. The number of nitrogens with two attached hydrogens (primary N) is 1. The van der Waals surface area contributed by atoms with Gasteiger partial charge in [-0.1, -0.05) is 18.2 Å². The molecule has 5 heteroatoms. The summed E-state index contributed by atoms with van der Waals surface area (Å²) in [5.41, 5.74) is 5.45. The van der Waals surface area contributed by atoms with E-state index in [9.17, 15) is 14.0 Å². The van der Waals surface area contributed by atoms with E-state index in [1.807, 2.05) is 0 Å². The highest BCUT2D eigenvalue weighted by Crippen LogP contribution is 2.08. The first kappa shape index (κ1) is 12.3. The Morgan fingerprint density at radius 2 is 2.00 bits per heavy atom. The third kappa shape index (κ3) is 3.43. The van der Waals surface area contributed by atoms with Gasteiger partial charge in [0.1, 0.15) is 17.6 Å². The van der Waals surface area contributed by atoms with Crippen LogP contribution in [0.3, 0.4) is 0 Å². The van der Waals surface area contributed by atoms with Gasteiger partial charge in [-0.25, -0.2) is 4.39 Å². The zero-order chi connectivity index (χ0) is 12.1. The van der Waals surface area contributed by atoms with Crippen molar-refractivity contribution < 1.29 is 19.1 Å². The van der Waals surface area contributed by atoms with Crippen molar-refractivity contribution in [2.24, 2.45) is 5.73 Å². The maximum Gasteiger partial charge on any atom is 0.320 e.